The smallest absolute Gasteiger partial charge is 0.396 e. The van der Waals surface area contributed by atoms with Gasteiger partial charge in [0.2, 0.25) is 0 Å². The Balaban J connectivity index is 3.02. The molecule has 0 saturated carbocycles. The minimum absolute atomic E-state index is 0.0199. The Morgan fingerprint density at radius 3 is 2.18 bits per heavy atom. The van der Waals surface area contributed by atoms with Crippen molar-refractivity contribution in [3.63, 3.8) is 0 Å². The Hall–Kier alpha value is -0.290. The normalized spacial score (nSPS) is 12.0. The van der Waals surface area contributed by atoms with Crippen molar-refractivity contribution in [3.8, 4) is 0 Å². The van der Waals surface area contributed by atoms with E-state index in [0.717, 1.165) is 0 Å². The van der Waals surface area contributed by atoms with Crippen LogP contribution in [0.4, 0.5) is 13.2 Å². The van der Waals surface area contributed by atoms with Crippen LogP contribution in [0.3, 0.4) is 0 Å². The van der Waals surface area contributed by atoms with Crippen molar-refractivity contribution in [2.75, 3.05) is 13.2 Å². The van der Waals surface area contributed by atoms with E-state index < -0.39 is 6.36 Å². The van der Waals surface area contributed by atoms with Gasteiger partial charge in [0, 0.05) is 6.61 Å². The largest absolute Gasteiger partial charge is 0.522 e. The average molecular weight is 172 g/mol. The first-order valence-corrected chi connectivity index (χ1v) is 3.38. The fourth-order valence-corrected chi connectivity index (χ4v) is 0.579. The van der Waals surface area contributed by atoms with Gasteiger partial charge in [-0.25, -0.2) is 0 Å². The number of hydrogen-bond acceptors (Lipinski definition) is 2. The van der Waals surface area contributed by atoms with Gasteiger partial charge >= 0.3 is 6.36 Å². The lowest BCUT2D eigenvalue weighted by Gasteiger charge is -2.05. The Kier molecular flexibility index (Phi) is 5.23. The number of ether oxygens (including phenoxy) is 1. The van der Waals surface area contributed by atoms with Crippen molar-refractivity contribution in [3.05, 3.63) is 0 Å². The molecule has 0 saturated heterocycles. The molecule has 0 bridgehead atoms. The van der Waals surface area contributed by atoms with Crippen molar-refractivity contribution in [1.29, 1.82) is 0 Å². The van der Waals surface area contributed by atoms with E-state index >= 15 is 0 Å². The zero-order chi connectivity index (χ0) is 8.74. The van der Waals surface area contributed by atoms with Crippen molar-refractivity contribution < 1.29 is 23.0 Å². The maximum absolute atomic E-state index is 11.3. The molecule has 5 heteroatoms. The standard InChI is InChI=1S/C6H11F3O2/c7-6(8,9)11-5-3-1-2-4-10/h10H,1-5H2. The quantitative estimate of drug-likeness (QED) is 0.639. The van der Waals surface area contributed by atoms with Gasteiger partial charge in [0.05, 0.1) is 6.61 Å². The maximum Gasteiger partial charge on any atom is 0.522 e. The summed E-state index contributed by atoms with van der Waals surface area (Å²) in [6.45, 7) is -0.296. The zero-order valence-electron chi connectivity index (χ0n) is 6.02. The van der Waals surface area contributed by atoms with Crippen molar-refractivity contribution >= 4 is 0 Å². The highest BCUT2D eigenvalue weighted by Crippen LogP contribution is 2.16. The van der Waals surface area contributed by atoms with Crippen LogP contribution < -0.4 is 0 Å². The Labute approximate surface area is 63.0 Å². The summed E-state index contributed by atoms with van der Waals surface area (Å²) in [7, 11) is 0. The first kappa shape index (κ1) is 10.7. The van der Waals surface area contributed by atoms with E-state index in [-0.39, 0.29) is 13.2 Å². The van der Waals surface area contributed by atoms with E-state index in [1.54, 1.807) is 0 Å². The van der Waals surface area contributed by atoms with E-state index in [4.69, 9.17) is 5.11 Å². The maximum atomic E-state index is 11.3. The molecule has 2 nitrogen and oxygen atoms in total. The highest BCUT2D eigenvalue weighted by atomic mass is 19.4. The third kappa shape index (κ3) is 9.71. The van der Waals surface area contributed by atoms with Gasteiger partial charge < -0.3 is 5.11 Å². The van der Waals surface area contributed by atoms with E-state index in [1.807, 2.05) is 0 Å². The van der Waals surface area contributed by atoms with Gasteiger partial charge in [-0.1, -0.05) is 0 Å². The van der Waals surface area contributed by atoms with Gasteiger partial charge in [-0.05, 0) is 19.3 Å². The lowest BCUT2D eigenvalue weighted by atomic mass is 10.2. The molecule has 1 N–H and O–H groups in total. The number of rotatable bonds is 5. The third-order valence-electron chi connectivity index (χ3n) is 1.07. The molecule has 0 aliphatic rings. The van der Waals surface area contributed by atoms with E-state index in [0.29, 0.717) is 19.3 Å². The van der Waals surface area contributed by atoms with Gasteiger partial charge in [0.15, 0.2) is 0 Å². The molecule has 0 aromatic rings. The fourth-order valence-electron chi connectivity index (χ4n) is 0.579. The molecule has 0 rings (SSSR count). The zero-order valence-corrected chi connectivity index (χ0v) is 6.02. The van der Waals surface area contributed by atoms with Crippen molar-refractivity contribution in [2.45, 2.75) is 25.6 Å². The van der Waals surface area contributed by atoms with Crippen molar-refractivity contribution in [2.24, 2.45) is 0 Å². The van der Waals surface area contributed by atoms with Gasteiger partial charge in [0.1, 0.15) is 0 Å². The Morgan fingerprint density at radius 1 is 1.09 bits per heavy atom. The minimum atomic E-state index is -4.51. The second-order valence-corrected chi connectivity index (χ2v) is 2.08. The van der Waals surface area contributed by atoms with E-state index in [2.05, 4.69) is 4.74 Å². The Bertz CT molecular complexity index is 92.3. The number of alkyl halides is 3. The van der Waals surface area contributed by atoms with Crippen LogP contribution >= 0.6 is 0 Å². The average Bonchev–Trinajstić information content (AvgIpc) is 1.85. The number of hydrogen-bond donors (Lipinski definition) is 1. The summed E-state index contributed by atoms with van der Waals surface area (Å²) >= 11 is 0. The van der Waals surface area contributed by atoms with Gasteiger partial charge in [-0.3, -0.25) is 4.74 Å². The molecule has 0 aromatic heterocycles. The summed E-state index contributed by atoms with van der Waals surface area (Å²) in [5.74, 6) is 0. The van der Waals surface area contributed by atoms with E-state index in [1.165, 1.54) is 0 Å². The van der Waals surface area contributed by atoms with Crippen molar-refractivity contribution in [1.82, 2.24) is 0 Å². The second-order valence-electron chi connectivity index (χ2n) is 2.08. The molecule has 0 atom stereocenters. The number of halogens is 3. The topological polar surface area (TPSA) is 29.5 Å². The molecule has 0 unspecified atom stereocenters. The summed E-state index contributed by atoms with van der Waals surface area (Å²) in [5, 5.41) is 8.26. The van der Waals surface area contributed by atoms with Crippen LogP contribution in [0.25, 0.3) is 0 Å². The molecular weight excluding hydrogens is 161 g/mol. The van der Waals surface area contributed by atoms with Crippen LogP contribution in [0.5, 0.6) is 0 Å². The SMILES string of the molecule is OCCCCCOC(F)(F)F. The number of aliphatic hydroxyl groups is 1. The van der Waals surface area contributed by atoms with Crippen LogP contribution in [0.2, 0.25) is 0 Å². The van der Waals surface area contributed by atoms with Gasteiger partial charge in [0.25, 0.3) is 0 Å². The monoisotopic (exact) mass is 172 g/mol. The highest BCUT2D eigenvalue weighted by Gasteiger charge is 2.28. The van der Waals surface area contributed by atoms with Gasteiger partial charge in [-0.2, -0.15) is 0 Å². The van der Waals surface area contributed by atoms with Crippen LogP contribution in [-0.4, -0.2) is 24.7 Å². The lowest BCUT2D eigenvalue weighted by molar-refractivity contribution is -0.324. The molecule has 11 heavy (non-hydrogen) atoms. The molecule has 0 aromatic carbocycles. The van der Waals surface area contributed by atoms with Crippen LogP contribution in [-0.2, 0) is 4.74 Å². The second kappa shape index (κ2) is 5.37. The molecule has 0 fully saturated rings. The predicted octanol–water partition coefficient (Wildman–Crippen LogP) is 1.69. The molecular formula is C6H11F3O2. The van der Waals surface area contributed by atoms with Crippen LogP contribution in [0.15, 0.2) is 0 Å². The molecule has 0 amide bonds. The van der Waals surface area contributed by atoms with Gasteiger partial charge in [-0.15, -0.1) is 13.2 Å². The first-order chi connectivity index (χ1) is 5.06. The number of unbranched alkanes of at least 4 members (excludes halogenated alkanes) is 2. The minimum Gasteiger partial charge on any atom is -0.396 e. The molecule has 0 radical (unpaired) electrons. The van der Waals surface area contributed by atoms with Crippen LogP contribution in [0.1, 0.15) is 19.3 Å². The summed E-state index contributed by atoms with van der Waals surface area (Å²) < 4.78 is 37.4. The molecule has 0 aliphatic carbocycles. The van der Waals surface area contributed by atoms with E-state index in [9.17, 15) is 13.2 Å². The van der Waals surface area contributed by atoms with Crippen LogP contribution in [0, 0.1) is 0 Å². The summed E-state index contributed by atoms with van der Waals surface area (Å²) in [4.78, 5) is 0. The fraction of sp³-hybridized carbons (Fsp3) is 1.00. The Morgan fingerprint density at radius 2 is 1.73 bits per heavy atom. The molecule has 68 valence electrons. The lowest BCUT2D eigenvalue weighted by Crippen LogP contribution is -2.14. The number of aliphatic hydroxyl groups excluding tert-OH is 1. The third-order valence-corrected chi connectivity index (χ3v) is 1.07. The summed E-state index contributed by atoms with van der Waals surface area (Å²) in [6.07, 6.45) is -3.09. The molecule has 0 aliphatic heterocycles. The summed E-state index contributed by atoms with van der Waals surface area (Å²) in [5.41, 5.74) is 0. The summed E-state index contributed by atoms with van der Waals surface area (Å²) in [6, 6.07) is 0. The predicted molar refractivity (Wildman–Crippen MR) is 32.9 cm³/mol. The molecule has 0 spiro atoms. The first-order valence-electron chi connectivity index (χ1n) is 3.38. The molecule has 0 heterocycles. The highest BCUT2D eigenvalue weighted by molar-refractivity contribution is 4.39.